The summed E-state index contributed by atoms with van der Waals surface area (Å²) in [6.45, 7) is 3.34. The number of carbonyl (C=O) groups is 2. The maximum Gasteiger partial charge on any atom is 0.369 e. The summed E-state index contributed by atoms with van der Waals surface area (Å²) >= 11 is 11.5. The predicted molar refractivity (Wildman–Crippen MR) is 129 cm³/mol. The molecule has 0 unspecified atom stereocenters. The normalized spacial score (nSPS) is 14.6. The van der Waals surface area contributed by atoms with E-state index in [0.717, 1.165) is 13.0 Å². The van der Waals surface area contributed by atoms with Gasteiger partial charge >= 0.3 is 15.2 Å². The van der Waals surface area contributed by atoms with E-state index in [9.17, 15) is 23.8 Å². The number of nitrogens with one attached hydrogen (secondary N) is 2. The van der Waals surface area contributed by atoms with Crippen molar-refractivity contribution in [1.29, 1.82) is 0 Å². The van der Waals surface area contributed by atoms with Crippen molar-refractivity contribution in [2.45, 2.75) is 56.2 Å². The lowest BCUT2D eigenvalue weighted by molar-refractivity contribution is -0.129. The Morgan fingerprint density at radius 3 is 1.97 bits per heavy atom. The fraction of sp³-hybridized carbons (Fsp3) is 0.882. The molecule has 0 saturated heterocycles. The number of aliphatic hydroxyl groups is 1. The molecule has 2 amide bonds. The van der Waals surface area contributed by atoms with Crippen molar-refractivity contribution in [2.24, 2.45) is 5.73 Å². The maximum absolute atomic E-state index is 12.2. The first-order chi connectivity index (χ1) is 15.6. The van der Waals surface area contributed by atoms with E-state index in [1.807, 2.05) is 0 Å². The van der Waals surface area contributed by atoms with Crippen molar-refractivity contribution in [3.63, 3.8) is 0 Å². The Balaban J connectivity index is 4.42. The maximum atomic E-state index is 12.2. The molecule has 0 heterocycles. The Morgan fingerprint density at radius 1 is 0.971 bits per heavy atom. The topological polar surface area (TPSA) is 223 Å². The zero-order valence-electron chi connectivity index (χ0n) is 19.0. The van der Waals surface area contributed by atoms with Gasteiger partial charge in [-0.05, 0) is 32.7 Å². The number of hydrogen-bond acceptors (Lipinski definition) is 7. The molecular formula is C17H36Cl2N4O9P2. The van der Waals surface area contributed by atoms with E-state index in [4.69, 9.17) is 48.5 Å². The largest absolute Gasteiger partial charge is 0.369 e. The molecule has 0 aromatic heterocycles. The molecule has 9 N–H and O–H groups in total. The summed E-state index contributed by atoms with van der Waals surface area (Å²) in [6, 6.07) is -1.81. The number of alkyl halides is 2. The molecule has 0 radical (unpaired) electrons. The summed E-state index contributed by atoms with van der Waals surface area (Å²) in [5.74, 6) is -0.187. The summed E-state index contributed by atoms with van der Waals surface area (Å²) in [4.78, 5) is 62.8. The number of nitrogens with two attached hydrogens (primary N) is 1. The second-order valence-electron chi connectivity index (χ2n) is 7.81. The van der Waals surface area contributed by atoms with E-state index >= 15 is 0 Å². The third-order valence-electron chi connectivity index (χ3n) is 5.05. The van der Waals surface area contributed by atoms with Gasteiger partial charge in [-0.15, -0.1) is 23.2 Å². The Bertz CT molecular complexity index is 710. The summed E-state index contributed by atoms with van der Waals surface area (Å²) in [5.41, 5.74) is 5.88. The molecule has 0 aromatic carbocycles. The highest BCUT2D eigenvalue weighted by Gasteiger charge is 2.58. The van der Waals surface area contributed by atoms with E-state index < -0.39 is 50.6 Å². The first kappa shape index (κ1) is 33.7. The van der Waals surface area contributed by atoms with Crippen LogP contribution in [0.2, 0.25) is 0 Å². The van der Waals surface area contributed by atoms with E-state index in [2.05, 4.69) is 15.5 Å². The Labute approximate surface area is 209 Å². The van der Waals surface area contributed by atoms with Crippen molar-refractivity contribution >= 4 is 50.2 Å². The number of carbonyl (C=O) groups excluding carboxylic acids is 2. The summed E-state index contributed by atoms with van der Waals surface area (Å²) < 4.78 is 22.6. The molecule has 13 nitrogen and oxygen atoms in total. The Kier molecular flexibility index (Phi) is 15.6. The van der Waals surface area contributed by atoms with E-state index in [-0.39, 0.29) is 13.0 Å². The Morgan fingerprint density at radius 2 is 1.50 bits per heavy atom. The molecule has 0 aliphatic carbocycles. The molecule has 0 spiro atoms. The number of hydrogen-bond donors (Lipinski definition) is 8. The average molecular weight is 573 g/mol. The van der Waals surface area contributed by atoms with E-state index in [1.165, 1.54) is 6.92 Å². The second kappa shape index (κ2) is 15.7. The lowest BCUT2D eigenvalue weighted by Crippen LogP contribution is -2.50. The highest BCUT2D eigenvalue weighted by atomic mass is 35.5. The van der Waals surface area contributed by atoms with Gasteiger partial charge in [0.05, 0.1) is 6.04 Å². The van der Waals surface area contributed by atoms with Crippen molar-refractivity contribution < 1.29 is 43.4 Å². The van der Waals surface area contributed by atoms with Gasteiger partial charge in [-0.2, -0.15) is 0 Å². The van der Waals surface area contributed by atoms with Crippen LogP contribution in [0.15, 0.2) is 0 Å². The minimum atomic E-state index is -5.55. The van der Waals surface area contributed by atoms with Gasteiger partial charge < -0.3 is 45.9 Å². The molecule has 0 fully saturated rings. The van der Waals surface area contributed by atoms with Crippen LogP contribution in [0.5, 0.6) is 0 Å². The molecule has 2 atom stereocenters. The fourth-order valence-electron chi connectivity index (χ4n) is 2.94. The Hall–Kier alpha value is -0.300. The van der Waals surface area contributed by atoms with Gasteiger partial charge in [0.2, 0.25) is 11.8 Å². The number of nitrogens with zero attached hydrogens (tertiary/aromatic N) is 1. The van der Waals surface area contributed by atoms with Crippen molar-refractivity contribution in [1.82, 2.24) is 15.5 Å². The lowest BCUT2D eigenvalue weighted by Gasteiger charge is -2.29. The highest BCUT2D eigenvalue weighted by molar-refractivity contribution is 7.72. The number of rotatable bonds is 18. The van der Waals surface area contributed by atoms with Gasteiger partial charge in [-0.3, -0.25) is 18.7 Å². The summed E-state index contributed by atoms with van der Waals surface area (Å²) in [6.07, 6.45) is 0.571. The van der Waals surface area contributed by atoms with Crippen molar-refractivity contribution in [2.75, 3.05) is 37.9 Å². The SMILES string of the molecule is C[C@H](NC(=O)[C@@H](N)CCCCN(CCCl)CCCl)C(=O)NCCCC(O)(P(=O)(O)O)P(=O)(O)O. The average Bonchev–Trinajstić information content (AvgIpc) is 2.72. The van der Waals surface area contributed by atoms with Crippen LogP contribution in [0.3, 0.4) is 0 Å². The zero-order valence-corrected chi connectivity index (χ0v) is 22.3. The van der Waals surface area contributed by atoms with E-state index in [0.29, 0.717) is 37.7 Å². The minimum absolute atomic E-state index is 0.255. The number of halogens is 2. The summed E-state index contributed by atoms with van der Waals surface area (Å²) in [5, 5.41) is 11.1. The van der Waals surface area contributed by atoms with Gasteiger partial charge in [0.1, 0.15) is 6.04 Å². The molecule has 0 aliphatic rings. The van der Waals surface area contributed by atoms with Crippen LogP contribution < -0.4 is 16.4 Å². The van der Waals surface area contributed by atoms with Gasteiger partial charge in [0.15, 0.2) is 0 Å². The zero-order chi connectivity index (χ0) is 26.6. The molecule has 0 saturated carbocycles. The van der Waals surface area contributed by atoms with Crippen molar-refractivity contribution in [3.05, 3.63) is 0 Å². The number of unbranched alkanes of at least 4 members (excludes halogenated alkanes) is 1. The van der Waals surface area contributed by atoms with Gasteiger partial charge in [0.25, 0.3) is 5.08 Å². The predicted octanol–water partition coefficient (Wildman–Crippen LogP) is -0.334. The molecule has 0 aliphatic heterocycles. The second-order valence-corrected chi connectivity index (χ2v) is 12.6. The fourth-order valence-corrected chi connectivity index (χ4v) is 5.68. The minimum Gasteiger partial charge on any atom is -0.368 e. The quantitative estimate of drug-likeness (QED) is 0.0602. The highest BCUT2D eigenvalue weighted by Crippen LogP contribution is 2.69. The van der Waals surface area contributed by atoms with Crippen LogP contribution in [0, 0.1) is 0 Å². The molecule has 0 rings (SSSR count). The molecule has 34 heavy (non-hydrogen) atoms. The van der Waals surface area contributed by atoms with Crippen molar-refractivity contribution in [3.8, 4) is 0 Å². The van der Waals surface area contributed by atoms with Crippen LogP contribution in [0.4, 0.5) is 0 Å². The van der Waals surface area contributed by atoms with Crippen LogP contribution in [-0.4, -0.2) is 96.5 Å². The first-order valence-corrected chi connectivity index (χ1v) is 14.9. The smallest absolute Gasteiger partial charge is 0.368 e. The lowest BCUT2D eigenvalue weighted by atomic mass is 10.1. The molecule has 0 bridgehead atoms. The van der Waals surface area contributed by atoms with Gasteiger partial charge in [-0.1, -0.05) is 6.42 Å². The van der Waals surface area contributed by atoms with Crippen LogP contribution >= 0.6 is 38.4 Å². The van der Waals surface area contributed by atoms with Crippen LogP contribution in [0.25, 0.3) is 0 Å². The third kappa shape index (κ3) is 11.6. The van der Waals surface area contributed by atoms with Gasteiger partial charge in [0, 0.05) is 37.8 Å². The van der Waals surface area contributed by atoms with E-state index in [1.54, 1.807) is 0 Å². The first-order valence-electron chi connectivity index (χ1n) is 10.6. The molecule has 0 aromatic rings. The molecule has 17 heteroatoms. The number of amides is 2. The van der Waals surface area contributed by atoms with Crippen LogP contribution in [0.1, 0.15) is 39.0 Å². The summed E-state index contributed by atoms with van der Waals surface area (Å²) in [7, 11) is -11.1. The van der Waals surface area contributed by atoms with Gasteiger partial charge in [-0.25, -0.2) is 0 Å². The van der Waals surface area contributed by atoms with Crippen LogP contribution in [-0.2, 0) is 18.7 Å². The molecule has 202 valence electrons. The molecular weight excluding hydrogens is 537 g/mol. The standard InChI is InChI=1S/C17H36Cl2N4O9P2/c1-13(15(24)21-9-4-6-17(26,33(27,28)29)34(30,31)32)22-16(25)14(20)5-2-3-10-23(11-7-18)12-8-19/h13-14,26H,2-12,20H2,1H3,(H,21,24)(H,22,25)(H2,27,28,29)(H2,30,31,32)/t13-,14-/m0/s1. The monoisotopic (exact) mass is 572 g/mol. The third-order valence-corrected chi connectivity index (χ3v) is 9.27.